The van der Waals surface area contributed by atoms with Gasteiger partial charge in [-0.15, -0.1) is 0 Å². The summed E-state index contributed by atoms with van der Waals surface area (Å²) < 4.78 is 24.9. The van der Waals surface area contributed by atoms with Gasteiger partial charge in [-0.05, 0) is 42.0 Å². The molecule has 0 saturated carbocycles. The van der Waals surface area contributed by atoms with Crippen molar-refractivity contribution in [3.8, 4) is 11.5 Å². The van der Waals surface area contributed by atoms with Crippen molar-refractivity contribution in [3.63, 3.8) is 0 Å². The van der Waals surface area contributed by atoms with Gasteiger partial charge in [0.25, 0.3) is 0 Å². The molecule has 1 aliphatic heterocycles. The van der Waals surface area contributed by atoms with Crippen molar-refractivity contribution in [1.29, 1.82) is 0 Å². The first-order valence-electron chi connectivity index (χ1n) is 8.60. The molecule has 2 aromatic carbocycles. The molecule has 1 aliphatic rings. The molecule has 1 atom stereocenters. The first kappa shape index (κ1) is 19.7. The average molecular weight is 411 g/mol. The number of quaternary nitrogens is 1. The predicted octanol–water partition coefficient (Wildman–Crippen LogP) is 2.06. The van der Waals surface area contributed by atoms with Crippen LogP contribution in [0.1, 0.15) is 17.2 Å². The van der Waals surface area contributed by atoms with Gasteiger partial charge in [0.15, 0.2) is 16.6 Å². The lowest BCUT2D eigenvalue weighted by Gasteiger charge is -2.24. The number of hydrogen-bond donors (Lipinski definition) is 3. The molecule has 0 aliphatic carbocycles. The first-order valence-corrected chi connectivity index (χ1v) is 9.38. The highest BCUT2D eigenvalue weighted by Gasteiger charge is 2.24. The highest BCUT2D eigenvalue weighted by atomic mass is 35.5. The van der Waals surface area contributed by atoms with Crippen molar-refractivity contribution < 1.29 is 18.8 Å². The molecule has 0 radical (unpaired) electrons. The molecule has 0 unspecified atom stereocenters. The molecule has 0 saturated heterocycles. The van der Waals surface area contributed by atoms with E-state index in [2.05, 4.69) is 10.6 Å². The van der Waals surface area contributed by atoms with E-state index in [0.717, 1.165) is 22.0 Å². The SMILES string of the molecule is C[NH+](C)[C@H](CNC(=S)NCc1ccc2c(c1)OCO2)c1c(F)cccc1Cl. The topological polar surface area (TPSA) is 47.0 Å². The molecule has 0 amide bonds. The molecule has 1 heterocycles. The standard InChI is InChI=1S/C19H21ClFN3O2S/c1-24(2)15(18-13(20)4-3-5-14(18)21)10-23-19(27)22-9-12-6-7-16-17(8-12)26-11-25-16/h3-8,15H,9-11H2,1-2H3,(H2,22,23,27)/p+1/t15-/m1/s1. The van der Waals surface area contributed by atoms with Gasteiger partial charge in [0, 0.05) is 6.54 Å². The summed E-state index contributed by atoms with van der Waals surface area (Å²) in [5.41, 5.74) is 1.51. The summed E-state index contributed by atoms with van der Waals surface area (Å²) in [4.78, 5) is 1.05. The smallest absolute Gasteiger partial charge is 0.231 e. The van der Waals surface area contributed by atoms with Gasteiger partial charge in [-0.3, -0.25) is 0 Å². The lowest BCUT2D eigenvalue weighted by Crippen LogP contribution is -3.07. The Morgan fingerprint density at radius 2 is 2.00 bits per heavy atom. The zero-order valence-electron chi connectivity index (χ0n) is 15.1. The Labute approximate surface area is 168 Å². The van der Waals surface area contributed by atoms with Crippen LogP contribution in [0, 0.1) is 5.82 Å². The Balaban J connectivity index is 1.57. The van der Waals surface area contributed by atoms with Crippen LogP contribution in [0.2, 0.25) is 5.02 Å². The molecular weight excluding hydrogens is 389 g/mol. The highest BCUT2D eigenvalue weighted by molar-refractivity contribution is 7.80. The van der Waals surface area contributed by atoms with Crippen LogP contribution in [0.15, 0.2) is 36.4 Å². The van der Waals surface area contributed by atoms with Crippen molar-refractivity contribution in [2.24, 2.45) is 0 Å². The summed E-state index contributed by atoms with van der Waals surface area (Å²) in [6, 6.07) is 10.3. The minimum absolute atomic E-state index is 0.177. The second-order valence-electron chi connectivity index (χ2n) is 6.52. The van der Waals surface area contributed by atoms with E-state index in [9.17, 15) is 4.39 Å². The fraction of sp³-hybridized carbons (Fsp3) is 0.316. The van der Waals surface area contributed by atoms with E-state index in [1.165, 1.54) is 6.07 Å². The average Bonchev–Trinajstić information content (AvgIpc) is 3.09. The summed E-state index contributed by atoms with van der Waals surface area (Å²) in [5.74, 6) is 1.17. The van der Waals surface area contributed by atoms with E-state index in [0.29, 0.717) is 28.8 Å². The van der Waals surface area contributed by atoms with E-state index < -0.39 is 0 Å². The Kier molecular flexibility index (Phi) is 6.36. The van der Waals surface area contributed by atoms with Crippen molar-refractivity contribution >= 4 is 28.9 Å². The van der Waals surface area contributed by atoms with E-state index in [-0.39, 0.29) is 18.7 Å². The van der Waals surface area contributed by atoms with Crippen LogP contribution in [0.25, 0.3) is 0 Å². The number of nitrogens with one attached hydrogen (secondary N) is 3. The molecule has 0 aromatic heterocycles. The number of hydrogen-bond acceptors (Lipinski definition) is 3. The zero-order chi connectivity index (χ0) is 19.4. The van der Waals surface area contributed by atoms with Crippen molar-refractivity contribution in [1.82, 2.24) is 10.6 Å². The number of ether oxygens (including phenoxy) is 2. The minimum atomic E-state index is -0.310. The third-order valence-corrected chi connectivity index (χ3v) is 5.02. The predicted molar refractivity (Wildman–Crippen MR) is 107 cm³/mol. The molecule has 3 rings (SSSR count). The van der Waals surface area contributed by atoms with Crippen LogP contribution in [0.5, 0.6) is 11.5 Å². The molecule has 5 nitrogen and oxygen atoms in total. The fourth-order valence-electron chi connectivity index (χ4n) is 2.93. The minimum Gasteiger partial charge on any atom is -0.454 e. The summed E-state index contributed by atoms with van der Waals surface area (Å²) in [6.07, 6.45) is 0. The van der Waals surface area contributed by atoms with Crippen LogP contribution in [0.4, 0.5) is 4.39 Å². The number of fused-ring (bicyclic) bond motifs is 1. The Bertz CT molecular complexity index is 814. The van der Waals surface area contributed by atoms with Gasteiger partial charge in [-0.25, -0.2) is 4.39 Å². The first-order chi connectivity index (χ1) is 13.0. The highest BCUT2D eigenvalue weighted by Crippen LogP contribution is 2.32. The maximum Gasteiger partial charge on any atom is 0.231 e. The summed E-state index contributed by atoms with van der Waals surface area (Å²) >= 11 is 11.6. The molecule has 8 heteroatoms. The quantitative estimate of drug-likeness (QED) is 0.636. The van der Waals surface area contributed by atoms with E-state index in [1.54, 1.807) is 12.1 Å². The summed E-state index contributed by atoms with van der Waals surface area (Å²) in [7, 11) is 3.91. The van der Waals surface area contributed by atoms with Gasteiger partial charge in [0.2, 0.25) is 6.79 Å². The Morgan fingerprint density at radius 1 is 1.22 bits per heavy atom. The fourth-order valence-corrected chi connectivity index (χ4v) is 3.38. The lowest BCUT2D eigenvalue weighted by atomic mass is 10.1. The number of halogens is 2. The molecule has 27 heavy (non-hydrogen) atoms. The maximum atomic E-state index is 14.3. The van der Waals surface area contributed by atoms with Crippen molar-refractivity contribution in [2.45, 2.75) is 12.6 Å². The second-order valence-corrected chi connectivity index (χ2v) is 7.33. The summed E-state index contributed by atoms with van der Waals surface area (Å²) in [6.45, 7) is 1.25. The molecule has 144 valence electrons. The molecule has 0 fully saturated rings. The summed E-state index contributed by atoms with van der Waals surface area (Å²) in [5, 5.41) is 7.22. The van der Waals surface area contributed by atoms with Gasteiger partial charge in [0.1, 0.15) is 11.9 Å². The molecule has 0 bridgehead atoms. The monoisotopic (exact) mass is 410 g/mol. The van der Waals surface area contributed by atoms with Gasteiger partial charge >= 0.3 is 0 Å². The van der Waals surface area contributed by atoms with Gasteiger partial charge in [-0.1, -0.05) is 23.7 Å². The third-order valence-electron chi connectivity index (χ3n) is 4.40. The second kappa shape index (κ2) is 8.73. The van der Waals surface area contributed by atoms with Crippen LogP contribution < -0.4 is 25.0 Å². The lowest BCUT2D eigenvalue weighted by molar-refractivity contribution is -0.890. The normalized spacial score (nSPS) is 13.5. The van der Waals surface area contributed by atoms with Crippen LogP contribution in [0.3, 0.4) is 0 Å². The van der Waals surface area contributed by atoms with E-state index in [4.69, 9.17) is 33.3 Å². The molecular formula is C19H22ClFN3O2S+. The number of likely N-dealkylation sites (N-methyl/N-ethyl adjacent to an activating group) is 1. The molecule has 3 N–H and O–H groups in total. The molecule has 0 spiro atoms. The van der Waals surface area contributed by atoms with Crippen molar-refractivity contribution in [3.05, 3.63) is 58.4 Å². The van der Waals surface area contributed by atoms with E-state index in [1.807, 2.05) is 32.3 Å². The zero-order valence-corrected chi connectivity index (χ0v) is 16.7. The number of benzene rings is 2. The number of rotatable bonds is 6. The third kappa shape index (κ3) is 4.80. The van der Waals surface area contributed by atoms with Crippen LogP contribution in [-0.4, -0.2) is 32.5 Å². The largest absolute Gasteiger partial charge is 0.454 e. The Hall–Kier alpha value is -2.09. The maximum absolute atomic E-state index is 14.3. The van der Waals surface area contributed by atoms with Crippen molar-refractivity contribution in [2.75, 3.05) is 27.4 Å². The Morgan fingerprint density at radius 3 is 2.74 bits per heavy atom. The number of thiocarbonyl (C=S) groups is 1. The molecule has 2 aromatic rings. The van der Waals surface area contributed by atoms with Crippen LogP contribution in [-0.2, 0) is 6.54 Å². The van der Waals surface area contributed by atoms with Gasteiger partial charge in [-0.2, -0.15) is 0 Å². The van der Waals surface area contributed by atoms with Gasteiger partial charge < -0.3 is 25.0 Å². The van der Waals surface area contributed by atoms with Crippen LogP contribution >= 0.6 is 23.8 Å². The van der Waals surface area contributed by atoms with E-state index >= 15 is 0 Å². The van der Waals surface area contributed by atoms with Gasteiger partial charge in [0.05, 0.1) is 31.2 Å².